The van der Waals surface area contributed by atoms with Gasteiger partial charge < -0.3 is 4.90 Å². The van der Waals surface area contributed by atoms with E-state index in [0.29, 0.717) is 0 Å². The van der Waals surface area contributed by atoms with Gasteiger partial charge in [-0.05, 0) is 26.8 Å². The van der Waals surface area contributed by atoms with Gasteiger partial charge in [-0.2, -0.15) is 0 Å². The minimum Gasteiger partial charge on any atom is -0.301 e. The van der Waals surface area contributed by atoms with Crippen molar-refractivity contribution in [1.29, 1.82) is 0 Å². The highest BCUT2D eigenvalue weighted by molar-refractivity contribution is 4.80. The number of nitrogens with zero attached hydrogens (tertiary/aromatic N) is 2. The largest absolute Gasteiger partial charge is 0.301 e. The molecule has 0 aromatic heterocycles. The maximum absolute atomic E-state index is 2.66. The molecule has 0 amide bonds. The average Bonchev–Trinajstić information content (AvgIpc) is 2.13. The molecule has 0 radical (unpaired) electrons. The maximum atomic E-state index is 2.66. The van der Waals surface area contributed by atoms with Crippen molar-refractivity contribution in [2.24, 2.45) is 0 Å². The summed E-state index contributed by atoms with van der Waals surface area (Å²) in [5.41, 5.74) is 0. The molecule has 0 bridgehead atoms. The van der Waals surface area contributed by atoms with Gasteiger partial charge in [-0.1, -0.05) is 13.8 Å². The van der Waals surface area contributed by atoms with Crippen LogP contribution in [-0.2, 0) is 0 Å². The highest BCUT2D eigenvalue weighted by Crippen LogP contribution is 2.14. The predicted octanol–water partition coefficient (Wildman–Crippen LogP) is 1.81. The van der Waals surface area contributed by atoms with Crippen LogP contribution in [-0.4, -0.2) is 48.6 Å². The fourth-order valence-electron chi connectivity index (χ4n) is 2.21. The lowest BCUT2D eigenvalue weighted by Crippen LogP contribution is -2.53. The number of hydrogen-bond donors (Lipinski definition) is 0. The molecule has 1 atom stereocenters. The smallest absolute Gasteiger partial charge is 0.0192 e. The third-order valence-electron chi connectivity index (χ3n) is 3.45. The van der Waals surface area contributed by atoms with E-state index in [2.05, 4.69) is 37.6 Å². The molecular weight excluding hydrogens is 160 g/mol. The van der Waals surface area contributed by atoms with E-state index in [9.17, 15) is 0 Å². The van der Waals surface area contributed by atoms with Crippen molar-refractivity contribution in [3.63, 3.8) is 0 Å². The lowest BCUT2D eigenvalue weighted by Gasteiger charge is -2.41. The molecule has 0 saturated carbocycles. The van der Waals surface area contributed by atoms with E-state index in [1.54, 1.807) is 0 Å². The summed E-state index contributed by atoms with van der Waals surface area (Å²) in [5, 5.41) is 0. The van der Waals surface area contributed by atoms with Crippen molar-refractivity contribution in [2.75, 3.05) is 26.7 Å². The van der Waals surface area contributed by atoms with Crippen molar-refractivity contribution in [3.05, 3.63) is 0 Å². The quantitative estimate of drug-likeness (QED) is 0.660. The molecule has 1 aliphatic rings. The minimum atomic E-state index is 0.731. The Balaban J connectivity index is 2.44. The molecule has 1 heterocycles. The number of rotatable bonds is 3. The molecule has 1 fully saturated rings. The van der Waals surface area contributed by atoms with Gasteiger partial charge in [0, 0.05) is 31.7 Å². The van der Waals surface area contributed by atoms with Gasteiger partial charge >= 0.3 is 0 Å². The fourth-order valence-corrected chi connectivity index (χ4v) is 2.21. The Labute approximate surface area is 82.9 Å². The Morgan fingerprint density at radius 1 is 1.23 bits per heavy atom. The standard InChI is InChI=1S/C11H24N2/c1-5-11(6-2)13-8-7-12(4)10(3)9-13/h10-11H,5-9H2,1-4H3/t10-/m1/s1. The van der Waals surface area contributed by atoms with Crippen LogP contribution in [0.15, 0.2) is 0 Å². The SMILES string of the molecule is CCC(CC)N1CCN(C)[C@H](C)C1. The molecule has 1 rings (SSSR count). The van der Waals surface area contributed by atoms with Crippen LogP contribution < -0.4 is 0 Å². The number of piperazine rings is 1. The zero-order valence-corrected chi connectivity index (χ0v) is 9.58. The molecule has 0 aliphatic carbocycles. The lowest BCUT2D eigenvalue weighted by molar-refractivity contribution is 0.0688. The van der Waals surface area contributed by atoms with Crippen LogP contribution in [0.4, 0.5) is 0 Å². The second kappa shape index (κ2) is 4.97. The Kier molecular flexibility index (Phi) is 4.20. The molecule has 0 aromatic rings. The maximum Gasteiger partial charge on any atom is 0.0192 e. The Bertz CT molecular complexity index is 143. The predicted molar refractivity (Wildman–Crippen MR) is 58.0 cm³/mol. The normalized spacial score (nSPS) is 27.0. The highest BCUT2D eigenvalue weighted by atomic mass is 15.3. The van der Waals surface area contributed by atoms with Crippen LogP contribution in [0.3, 0.4) is 0 Å². The van der Waals surface area contributed by atoms with E-state index in [0.717, 1.165) is 12.1 Å². The first-order chi connectivity index (χ1) is 6.19. The molecule has 1 aliphatic heterocycles. The van der Waals surface area contributed by atoms with Gasteiger partial charge in [0.1, 0.15) is 0 Å². The first-order valence-electron chi connectivity index (χ1n) is 5.63. The van der Waals surface area contributed by atoms with Crippen molar-refractivity contribution in [2.45, 2.75) is 45.7 Å². The van der Waals surface area contributed by atoms with Gasteiger partial charge in [0.15, 0.2) is 0 Å². The van der Waals surface area contributed by atoms with Gasteiger partial charge in [-0.15, -0.1) is 0 Å². The van der Waals surface area contributed by atoms with Crippen LogP contribution in [0.5, 0.6) is 0 Å². The third-order valence-corrected chi connectivity index (χ3v) is 3.45. The molecule has 2 nitrogen and oxygen atoms in total. The van der Waals surface area contributed by atoms with E-state index >= 15 is 0 Å². The van der Waals surface area contributed by atoms with Gasteiger partial charge in [0.25, 0.3) is 0 Å². The summed E-state index contributed by atoms with van der Waals surface area (Å²) in [6.07, 6.45) is 2.60. The number of likely N-dealkylation sites (N-methyl/N-ethyl adjacent to an activating group) is 1. The highest BCUT2D eigenvalue weighted by Gasteiger charge is 2.24. The van der Waals surface area contributed by atoms with Gasteiger partial charge in [0.05, 0.1) is 0 Å². The van der Waals surface area contributed by atoms with E-state index in [1.807, 2.05) is 0 Å². The molecular formula is C11H24N2. The summed E-state index contributed by atoms with van der Waals surface area (Å²) < 4.78 is 0. The van der Waals surface area contributed by atoms with Gasteiger partial charge in [-0.25, -0.2) is 0 Å². The summed E-state index contributed by atoms with van der Waals surface area (Å²) in [7, 11) is 2.23. The van der Waals surface area contributed by atoms with Crippen molar-refractivity contribution >= 4 is 0 Å². The molecule has 78 valence electrons. The average molecular weight is 184 g/mol. The first kappa shape index (κ1) is 11.0. The zero-order valence-electron chi connectivity index (χ0n) is 9.58. The third kappa shape index (κ3) is 2.68. The van der Waals surface area contributed by atoms with Gasteiger partial charge in [0.2, 0.25) is 0 Å². The van der Waals surface area contributed by atoms with E-state index in [4.69, 9.17) is 0 Å². The molecule has 0 spiro atoms. The lowest BCUT2D eigenvalue weighted by atomic mass is 10.1. The molecule has 0 aromatic carbocycles. The van der Waals surface area contributed by atoms with Crippen molar-refractivity contribution < 1.29 is 0 Å². The van der Waals surface area contributed by atoms with E-state index in [-0.39, 0.29) is 0 Å². The van der Waals surface area contributed by atoms with Crippen LogP contribution >= 0.6 is 0 Å². The van der Waals surface area contributed by atoms with E-state index < -0.39 is 0 Å². The van der Waals surface area contributed by atoms with Crippen LogP contribution in [0, 0.1) is 0 Å². The Hall–Kier alpha value is -0.0800. The van der Waals surface area contributed by atoms with Crippen LogP contribution in [0.1, 0.15) is 33.6 Å². The van der Waals surface area contributed by atoms with E-state index in [1.165, 1.54) is 32.5 Å². The van der Waals surface area contributed by atoms with Crippen LogP contribution in [0.25, 0.3) is 0 Å². The summed E-state index contributed by atoms with van der Waals surface area (Å²) in [6.45, 7) is 10.7. The molecule has 1 saturated heterocycles. The zero-order chi connectivity index (χ0) is 9.84. The second-order valence-electron chi connectivity index (χ2n) is 4.29. The monoisotopic (exact) mass is 184 g/mol. The second-order valence-corrected chi connectivity index (χ2v) is 4.29. The molecule has 0 unspecified atom stereocenters. The fraction of sp³-hybridized carbons (Fsp3) is 1.00. The first-order valence-corrected chi connectivity index (χ1v) is 5.63. The van der Waals surface area contributed by atoms with Gasteiger partial charge in [-0.3, -0.25) is 4.90 Å². The van der Waals surface area contributed by atoms with Crippen LogP contribution in [0.2, 0.25) is 0 Å². The molecule has 2 heteroatoms. The summed E-state index contributed by atoms with van der Waals surface area (Å²) in [6, 6.07) is 1.55. The minimum absolute atomic E-state index is 0.731. The number of hydrogen-bond acceptors (Lipinski definition) is 2. The summed E-state index contributed by atoms with van der Waals surface area (Å²) in [4.78, 5) is 5.11. The van der Waals surface area contributed by atoms with Crippen molar-refractivity contribution in [1.82, 2.24) is 9.80 Å². The summed E-state index contributed by atoms with van der Waals surface area (Å²) >= 11 is 0. The molecule has 0 N–H and O–H groups in total. The van der Waals surface area contributed by atoms with Crippen molar-refractivity contribution in [3.8, 4) is 0 Å². The topological polar surface area (TPSA) is 6.48 Å². The molecule has 13 heavy (non-hydrogen) atoms. The Morgan fingerprint density at radius 3 is 2.31 bits per heavy atom. The summed E-state index contributed by atoms with van der Waals surface area (Å²) in [5.74, 6) is 0. The Morgan fingerprint density at radius 2 is 1.85 bits per heavy atom.